The van der Waals surface area contributed by atoms with E-state index in [1.807, 2.05) is 17.5 Å². The smallest absolute Gasteiger partial charge is 0.298 e. The Morgan fingerprint density at radius 2 is 2.14 bits per heavy atom. The first-order chi connectivity index (χ1) is 13.9. The Bertz CT molecular complexity index is 1170. The highest BCUT2D eigenvalue weighted by molar-refractivity contribution is 7.90. The van der Waals surface area contributed by atoms with Crippen molar-refractivity contribution in [2.45, 2.75) is 11.3 Å². The molecule has 10 heteroatoms. The average Bonchev–Trinajstić information content (AvgIpc) is 3.37. The van der Waals surface area contributed by atoms with Crippen LogP contribution in [0, 0.1) is 0 Å². The lowest BCUT2D eigenvalue weighted by atomic mass is 10.3. The molecule has 1 aliphatic rings. The first-order valence-corrected chi connectivity index (χ1v) is 12.4. The highest BCUT2D eigenvalue weighted by Gasteiger charge is 2.26. The van der Waals surface area contributed by atoms with Crippen molar-refractivity contribution in [1.82, 2.24) is 4.98 Å². The van der Waals surface area contributed by atoms with E-state index < -0.39 is 9.84 Å². The van der Waals surface area contributed by atoms with Crippen molar-refractivity contribution >= 4 is 53.8 Å². The zero-order chi connectivity index (χ0) is 20.4. The van der Waals surface area contributed by atoms with Crippen LogP contribution in [0.1, 0.15) is 4.88 Å². The molecule has 1 aromatic carbocycles. The first kappa shape index (κ1) is 19.9. The molecule has 1 amide bonds. The molecule has 0 atom stereocenters. The zero-order valence-electron chi connectivity index (χ0n) is 15.5. The van der Waals surface area contributed by atoms with Crippen LogP contribution in [0.3, 0.4) is 0 Å². The third kappa shape index (κ3) is 4.44. The lowest BCUT2D eigenvalue weighted by molar-refractivity contribution is -0.119. The summed E-state index contributed by atoms with van der Waals surface area (Å²) in [5.74, 6) is -0.192. The van der Waals surface area contributed by atoms with Crippen molar-refractivity contribution in [2.24, 2.45) is 0 Å². The van der Waals surface area contributed by atoms with E-state index in [0.717, 1.165) is 4.88 Å². The minimum atomic E-state index is -3.32. The summed E-state index contributed by atoms with van der Waals surface area (Å²) < 4.78 is 35.1. The molecule has 0 aliphatic carbocycles. The number of sulfone groups is 1. The highest BCUT2D eigenvalue weighted by Crippen LogP contribution is 2.32. The molecule has 1 aliphatic heterocycles. The Labute approximate surface area is 176 Å². The number of amides is 1. The fourth-order valence-corrected chi connectivity index (χ4v) is 5.26. The van der Waals surface area contributed by atoms with Gasteiger partial charge in [-0.1, -0.05) is 17.4 Å². The third-order valence-electron chi connectivity index (χ3n) is 4.27. The van der Waals surface area contributed by atoms with Gasteiger partial charge in [0.15, 0.2) is 15.0 Å². The fraction of sp³-hybridized carbons (Fsp3) is 0.263. The molecule has 0 spiro atoms. The number of fused-ring (bicyclic) bond motifs is 1. The van der Waals surface area contributed by atoms with Crippen LogP contribution in [-0.4, -0.2) is 45.3 Å². The third-order valence-corrected chi connectivity index (χ3v) is 7.36. The molecule has 0 radical (unpaired) electrons. The number of rotatable bonds is 6. The Morgan fingerprint density at radius 3 is 2.83 bits per heavy atom. The van der Waals surface area contributed by atoms with Gasteiger partial charge in [-0.05, 0) is 36.1 Å². The standard InChI is InChI=1S/C19H18N2O5S3/c1-29(23,24)14-4-5-15-17(11-14)28-19(20-15)21(7-6-13-3-2-10-27-13)18(22)16-12-25-8-9-26-16/h2-5,10-12H,6-9H2,1H3. The van der Waals surface area contributed by atoms with E-state index in [1.54, 1.807) is 28.4 Å². The van der Waals surface area contributed by atoms with Crippen LogP contribution in [0.2, 0.25) is 0 Å². The number of hydrogen-bond acceptors (Lipinski definition) is 8. The average molecular weight is 451 g/mol. The van der Waals surface area contributed by atoms with Crippen molar-refractivity contribution < 1.29 is 22.7 Å². The molecule has 0 unspecified atom stereocenters. The van der Waals surface area contributed by atoms with Crippen LogP contribution in [0.4, 0.5) is 5.13 Å². The summed E-state index contributed by atoms with van der Waals surface area (Å²) in [6, 6.07) is 8.76. The second kappa shape index (κ2) is 8.13. The number of aromatic nitrogens is 1. The lowest BCUT2D eigenvalue weighted by Gasteiger charge is -2.22. The van der Waals surface area contributed by atoms with E-state index in [4.69, 9.17) is 9.47 Å². The van der Waals surface area contributed by atoms with Crippen LogP contribution in [0.15, 0.2) is 52.6 Å². The first-order valence-electron chi connectivity index (χ1n) is 8.81. The molecule has 3 heterocycles. The summed E-state index contributed by atoms with van der Waals surface area (Å²) in [4.78, 5) is 20.6. The number of thiophene rings is 1. The van der Waals surface area contributed by atoms with E-state index in [1.165, 1.54) is 29.9 Å². The van der Waals surface area contributed by atoms with E-state index in [2.05, 4.69) is 4.98 Å². The van der Waals surface area contributed by atoms with Gasteiger partial charge in [-0.3, -0.25) is 9.69 Å². The normalized spacial score (nSPS) is 14.2. The van der Waals surface area contributed by atoms with Crippen molar-refractivity contribution in [2.75, 3.05) is 30.9 Å². The predicted octanol–water partition coefficient (Wildman–Crippen LogP) is 3.23. The van der Waals surface area contributed by atoms with Crippen LogP contribution < -0.4 is 4.90 Å². The van der Waals surface area contributed by atoms with E-state index in [9.17, 15) is 13.2 Å². The SMILES string of the molecule is CS(=O)(=O)c1ccc2nc(N(CCc3cccs3)C(=O)C3=COCCO3)sc2c1. The molecular weight excluding hydrogens is 432 g/mol. The summed E-state index contributed by atoms with van der Waals surface area (Å²) in [6.07, 6.45) is 3.17. The van der Waals surface area contributed by atoms with E-state index in [-0.39, 0.29) is 16.6 Å². The molecule has 3 aromatic rings. The van der Waals surface area contributed by atoms with Crippen LogP contribution in [-0.2, 0) is 30.5 Å². The molecule has 4 rings (SSSR count). The summed E-state index contributed by atoms with van der Waals surface area (Å²) >= 11 is 2.90. The topological polar surface area (TPSA) is 85.8 Å². The van der Waals surface area contributed by atoms with Gasteiger partial charge in [-0.15, -0.1) is 11.3 Å². The highest BCUT2D eigenvalue weighted by atomic mass is 32.2. The molecule has 7 nitrogen and oxygen atoms in total. The van der Waals surface area contributed by atoms with Gasteiger partial charge in [0.05, 0.1) is 15.1 Å². The lowest BCUT2D eigenvalue weighted by Crippen LogP contribution is -2.35. The molecule has 2 aromatic heterocycles. The number of hydrogen-bond donors (Lipinski definition) is 0. The quantitative estimate of drug-likeness (QED) is 0.573. The second-order valence-corrected chi connectivity index (χ2v) is 10.4. The minimum absolute atomic E-state index is 0.138. The maximum Gasteiger partial charge on any atom is 0.298 e. The number of nitrogens with zero attached hydrogens (tertiary/aromatic N) is 2. The number of thiazole rings is 1. The molecule has 0 saturated heterocycles. The van der Waals surface area contributed by atoms with Gasteiger partial charge in [0, 0.05) is 17.7 Å². The summed E-state index contributed by atoms with van der Waals surface area (Å²) in [5.41, 5.74) is 0.640. The van der Waals surface area contributed by atoms with Crippen LogP contribution in [0.25, 0.3) is 10.2 Å². The van der Waals surface area contributed by atoms with E-state index in [0.29, 0.717) is 41.5 Å². The minimum Gasteiger partial charge on any atom is -0.494 e. The monoisotopic (exact) mass is 450 g/mol. The Hall–Kier alpha value is -2.43. The number of anilines is 1. The van der Waals surface area contributed by atoms with Gasteiger partial charge in [-0.2, -0.15) is 0 Å². The van der Waals surface area contributed by atoms with Gasteiger partial charge in [-0.25, -0.2) is 13.4 Å². The maximum atomic E-state index is 13.1. The van der Waals surface area contributed by atoms with Crippen molar-refractivity contribution in [1.29, 1.82) is 0 Å². The number of carbonyl (C=O) groups is 1. The molecule has 152 valence electrons. The van der Waals surface area contributed by atoms with Gasteiger partial charge >= 0.3 is 0 Å². The molecule has 0 saturated carbocycles. The Kier molecular flexibility index (Phi) is 5.57. The maximum absolute atomic E-state index is 13.1. The molecule has 0 bridgehead atoms. The summed E-state index contributed by atoms with van der Waals surface area (Å²) in [6.45, 7) is 1.13. The summed E-state index contributed by atoms with van der Waals surface area (Å²) in [5, 5.41) is 2.48. The number of ether oxygens (including phenoxy) is 2. The molecule has 0 fully saturated rings. The number of carbonyl (C=O) groups excluding carboxylic acids is 1. The van der Waals surface area contributed by atoms with Gasteiger partial charge in [0.2, 0.25) is 5.76 Å². The molecular formula is C19H18N2O5S3. The summed E-state index contributed by atoms with van der Waals surface area (Å²) in [7, 11) is -3.32. The van der Waals surface area contributed by atoms with Crippen molar-refractivity contribution in [3.8, 4) is 0 Å². The van der Waals surface area contributed by atoms with Gasteiger partial charge in [0.1, 0.15) is 19.5 Å². The largest absolute Gasteiger partial charge is 0.494 e. The Balaban J connectivity index is 1.69. The van der Waals surface area contributed by atoms with Crippen molar-refractivity contribution in [3.63, 3.8) is 0 Å². The zero-order valence-corrected chi connectivity index (χ0v) is 18.0. The second-order valence-electron chi connectivity index (χ2n) is 6.39. The van der Waals surface area contributed by atoms with Gasteiger partial charge in [0.25, 0.3) is 5.91 Å². The fourth-order valence-electron chi connectivity index (χ4n) is 2.81. The van der Waals surface area contributed by atoms with E-state index >= 15 is 0 Å². The van der Waals surface area contributed by atoms with Crippen LogP contribution >= 0.6 is 22.7 Å². The van der Waals surface area contributed by atoms with Crippen LogP contribution in [0.5, 0.6) is 0 Å². The van der Waals surface area contributed by atoms with Gasteiger partial charge < -0.3 is 9.47 Å². The predicted molar refractivity (Wildman–Crippen MR) is 113 cm³/mol. The molecule has 29 heavy (non-hydrogen) atoms. The molecule has 0 N–H and O–H groups in total. The number of benzene rings is 1. The van der Waals surface area contributed by atoms with Crippen molar-refractivity contribution in [3.05, 3.63) is 52.6 Å². The Morgan fingerprint density at radius 1 is 1.28 bits per heavy atom.